The van der Waals surface area contributed by atoms with Gasteiger partial charge in [-0.2, -0.15) is 0 Å². The molecule has 2 rings (SSSR count). The number of sulfonamides is 1. The Balaban J connectivity index is 0.00000364. The Morgan fingerprint density at radius 2 is 1.74 bits per heavy atom. The highest BCUT2D eigenvalue weighted by atomic mass is 127. The Labute approximate surface area is 180 Å². The molecule has 1 aliphatic heterocycles. The SMILES string of the molecule is CCNC(=NCc1ccc(CN2CCCCC2)cc1)NCCS(N)(=O)=O.I. The Hall–Kier alpha value is -0.910. The van der Waals surface area contributed by atoms with Gasteiger partial charge < -0.3 is 10.6 Å². The van der Waals surface area contributed by atoms with Crippen molar-refractivity contribution in [2.24, 2.45) is 10.1 Å². The third kappa shape index (κ3) is 10.3. The van der Waals surface area contributed by atoms with Crippen molar-refractivity contribution in [3.05, 3.63) is 35.4 Å². The number of guanidine groups is 1. The first-order chi connectivity index (χ1) is 12.5. The van der Waals surface area contributed by atoms with Gasteiger partial charge in [0.15, 0.2) is 5.96 Å². The number of primary sulfonamides is 1. The minimum atomic E-state index is -3.47. The van der Waals surface area contributed by atoms with E-state index >= 15 is 0 Å². The van der Waals surface area contributed by atoms with E-state index < -0.39 is 10.0 Å². The monoisotopic (exact) mass is 509 g/mol. The maximum absolute atomic E-state index is 11.0. The molecule has 0 spiro atoms. The summed E-state index contributed by atoms with van der Waals surface area (Å²) < 4.78 is 22.0. The summed E-state index contributed by atoms with van der Waals surface area (Å²) in [6.45, 7) is 6.85. The van der Waals surface area contributed by atoms with Crippen molar-refractivity contribution >= 4 is 40.0 Å². The second-order valence-corrected chi connectivity index (χ2v) is 8.38. The van der Waals surface area contributed by atoms with Crippen molar-refractivity contribution in [2.45, 2.75) is 39.3 Å². The number of likely N-dealkylation sites (tertiary alicyclic amines) is 1. The van der Waals surface area contributed by atoms with Crippen LogP contribution in [-0.4, -0.2) is 51.2 Å². The van der Waals surface area contributed by atoms with E-state index in [4.69, 9.17) is 5.14 Å². The van der Waals surface area contributed by atoms with E-state index in [1.807, 2.05) is 6.92 Å². The molecule has 154 valence electrons. The molecule has 0 radical (unpaired) electrons. The molecule has 1 heterocycles. The van der Waals surface area contributed by atoms with E-state index in [2.05, 4.69) is 44.8 Å². The van der Waals surface area contributed by atoms with Gasteiger partial charge >= 0.3 is 0 Å². The van der Waals surface area contributed by atoms with Gasteiger partial charge in [-0.25, -0.2) is 18.5 Å². The van der Waals surface area contributed by atoms with Crippen molar-refractivity contribution in [2.75, 3.05) is 31.9 Å². The Kier molecular flexibility index (Phi) is 11.2. The molecule has 1 saturated heterocycles. The number of rotatable bonds is 8. The van der Waals surface area contributed by atoms with Crippen LogP contribution < -0.4 is 15.8 Å². The molecule has 4 N–H and O–H groups in total. The quantitative estimate of drug-likeness (QED) is 0.281. The van der Waals surface area contributed by atoms with Crippen LogP contribution in [0.2, 0.25) is 0 Å². The fourth-order valence-electron chi connectivity index (χ4n) is 2.95. The second kappa shape index (κ2) is 12.5. The number of hydrogen-bond acceptors (Lipinski definition) is 4. The summed E-state index contributed by atoms with van der Waals surface area (Å²) >= 11 is 0. The molecule has 0 atom stereocenters. The standard InChI is InChI=1S/C18H31N5O2S.HI/c1-2-20-18(21-10-13-26(19,24)25)22-14-16-6-8-17(9-7-16)15-23-11-4-3-5-12-23;/h6-9H,2-5,10-15H2,1H3,(H2,19,24,25)(H2,20,21,22);1H. The molecule has 0 saturated carbocycles. The fraction of sp³-hybridized carbons (Fsp3) is 0.611. The third-order valence-electron chi connectivity index (χ3n) is 4.32. The van der Waals surface area contributed by atoms with Crippen molar-refractivity contribution in [3.63, 3.8) is 0 Å². The van der Waals surface area contributed by atoms with Crippen LogP contribution in [0.15, 0.2) is 29.3 Å². The highest BCUT2D eigenvalue weighted by Gasteiger charge is 2.10. The summed E-state index contributed by atoms with van der Waals surface area (Å²) in [4.78, 5) is 7.01. The number of aliphatic imine (C=N–C) groups is 1. The molecule has 1 aromatic carbocycles. The number of hydrogen-bond donors (Lipinski definition) is 3. The number of nitrogens with two attached hydrogens (primary N) is 1. The van der Waals surface area contributed by atoms with Gasteiger partial charge in [0.05, 0.1) is 12.3 Å². The van der Waals surface area contributed by atoms with E-state index in [1.165, 1.54) is 37.9 Å². The first kappa shape index (κ1) is 24.1. The summed E-state index contributed by atoms with van der Waals surface area (Å²) in [5.74, 6) is 0.469. The highest BCUT2D eigenvalue weighted by Crippen LogP contribution is 2.13. The Morgan fingerprint density at radius 1 is 1.11 bits per heavy atom. The van der Waals surface area contributed by atoms with Crippen molar-refractivity contribution in [1.82, 2.24) is 15.5 Å². The zero-order chi connectivity index (χ0) is 18.8. The lowest BCUT2D eigenvalue weighted by Crippen LogP contribution is -2.40. The minimum Gasteiger partial charge on any atom is -0.357 e. The normalized spacial score (nSPS) is 15.9. The molecule has 1 aliphatic rings. The van der Waals surface area contributed by atoms with E-state index in [0.717, 1.165) is 12.1 Å². The van der Waals surface area contributed by atoms with E-state index in [9.17, 15) is 8.42 Å². The topological polar surface area (TPSA) is 99.8 Å². The van der Waals surface area contributed by atoms with Gasteiger partial charge in [-0.05, 0) is 44.0 Å². The summed E-state index contributed by atoms with van der Waals surface area (Å²) in [5.41, 5.74) is 2.45. The van der Waals surface area contributed by atoms with Gasteiger partial charge in [-0.15, -0.1) is 24.0 Å². The van der Waals surface area contributed by atoms with Gasteiger partial charge in [0.1, 0.15) is 0 Å². The molecule has 0 bridgehead atoms. The van der Waals surface area contributed by atoms with E-state index in [1.54, 1.807) is 0 Å². The number of nitrogens with zero attached hydrogens (tertiary/aromatic N) is 2. The summed E-state index contributed by atoms with van der Waals surface area (Å²) in [5, 5.41) is 11.1. The molecular formula is C18H32IN5O2S. The molecule has 1 fully saturated rings. The largest absolute Gasteiger partial charge is 0.357 e. The van der Waals surface area contributed by atoms with Crippen LogP contribution in [-0.2, 0) is 23.1 Å². The van der Waals surface area contributed by atoms with Crippen molar-refractivity contribution in [1.29, 1.82) is 0 Å². The van der Waals surface area contributed by atoms with Crippen LogP contribution in [0.3, 0.4) is 0 Å². The van der Waals surface area contributed by atoms with Gasteiger partial charge in [-0.1, -0.05) is 30.7 Å². The predicted molar refractivity (Wildman–Crippen MR) is 122 cm³/mol. The van der Waals surface area contributed by atoms with Crippen LogP contribution in [0, 0.1) is 0 Å². The first-order valence-electron chi connectivity index (χ1n) is 9.29. The van der Waals surface area contributed by atoms with Crippen LogP contribution in [0.5, 0.6) is 0 Å². The van der Waals surface area contributed by atoms with Crippen molar-refractivity contribution in [3.8, 4) is 0 Å². The number of nitrogens with one attached hydrogen (secondary N) is 2. The van der Waals surface area contributed by atoms with Crippen LogP contribution in [0.1, 0.15) is 37.3 Å². The smallest absolute Gasteiger partial charge is 0.210 e. The summed E-state index contributed by atoms with van der Waals surface area (Å²) in [6.07, 6.45) is 3.96. The fourth-order valence-corrected chi connectivity index (χ4v) is 3.34. The average molecular weight is 509 g/mol. The zero-order valence-electron chi connectivity index (χ0n) is 16.0. The molecule has 0 unspecified atom stereocenters. The number of benzene rings is 1. The first-order valence-corrected chi connectivity index (χ1v) is 11.0. The van der Waals surface area contributed by atoms with Crippen LogP contribution >= 0.6 is 24.0 Å². The molecular weight excluding hydrogens is 477 g/mol. The molecule has 9 heteroatoms. The van der Waals surface area contributed by atoms with Crippen molar-refractivity contribution < 1.29 is 8.42 Å². The molecule has 0 amide bonds. The minimum absolute atomic E-state index is 0. The average Bonchev–Trinajstić information content (AvgIpc) is 2.61. The molecule has 0 aromatic heterocycles. The maximum atomic E-state index is 11.0. The molecule has 1 aromatic rings. The Bertz CT molecular complexity index is 673. The lowest BCUT2D eigenvalue weighted by molar-refractivity contribution is 0.221. The number of piperidine rings is 1. The zero-order valence-corrected chi connectivity index (χ0v) is 19.1. The Morgan fingerprint density at radius 3 is 2.33 bits per heavy atom. The highest BCUT2D eigenvalue weighted by molar-refractivity contribution is 14.0. The third-order valence-corrected chi connectivity index (χ3v) is 5.09. The molecule has 7 nitrogen and oxygen atoms in total. The van der Waals surface area contributed by atoms with E-state index in [-0.39, 0.29) is 36.3 Å². The lowest BCUT2D eigenvalue weighted by atomic mass is 10.1. The van der Waals surface area contributed by atoms with Crippen LogP contribution in [0.25, 0.3) is 0 Å². The van der Waals surface area contributed by atoms with E-state index in [0.29, 0.717) is 19.0 Å². The summed E-state index contributed by atoms with van der Waals surface area (Å²) in [7, 11) is -3.47. The van der Waals surface area contributed by atoms with Gasteiger partial charge in [0.25, 0.3) is 0 Å². The summed E-state index contributed by atoms with van der Waals surface area (Å²) in [6, 6.07) is 8.55. The van der Waals surface area contributed by atoms with Gasteiger partial charge in [0.2, 0.25) is 10.0 Å². The predicted octanol–water partition coefficient (Wildman–Crippen LogP) is 1.63. The molecule has 27 heavy (non-hydrogen) atoms. The molecule has 0 aliphatic carbocycles. The number of halogens is 1. The van der Waals surface area contributed by atoms with Gasteiger partial charge in [0, 0.05) is 19.6 Å². The van der Waals surface area contributed by atoms with Crippen LogP contribution in [0.4, 0.5) is 0 Å². The second-order valence-electron chi connectivity index (χ2n) is 6.64. The maximum Gasteiger partial charge on any atom is 0.210 e. The van der Waals surface area contributed by atoms with Gasteiger partial charge in [-0.3, -0.25) is 4.90 Å². The lowest BCUT2D eigenvalue weighted by Gasteiger charge is -2.26.